The molecule has 1 aliphatic heterocycles. The molecule has 238 valence electrons. The summed E-state index contributed by atoms with van der Waals surface area (Å²) in [5.41, 5.74) is 4.84. The second-order valence-corrected chi connectivity index (χ2v) is 13.6. The van der Waals surface area contributed by atoms with E-state index in [2.05, 4.69) is 63.6 Å². The molecule has 0 radical (unpaired) electrons. The SMILES string of the molecule is CCCCc1nc2cc(Br)cc(C(=O)N[C@@H](Cc3ccccc3)[C@@H](O)CN[C@H]3CC4(CCCC4)Oc4ccc(CC)cc43)c2o1. The van der Waals surface area contributed by atoms with Crippen LogP contribution in [-0.2, 0) is 19.3 Å². The summed E-state index contributed by atoms with van der Waals surface area (Å²) in [6.45, 7) is 4.61. The molecule has 1 aliphatic carbocycles. The van der Waals surface area contributed by atoms with Crippen molar-refractivity contribution in [3.05, 3.63) is 93.3 Å². The molecule has 3 atom stereocenters. The van der Waals surface area contributed by atoms with Gasteiger partial charge in [-0.05, 0) is 74.3 Å². The number of nitrogens with one attached hydrogen (secondary N) is 2. The number of benzene rings is 3. The monoisotopic (exact) mass is 673 g/mol. The third-order valence-corrected chi connectivity index (χ3v) is 9.87. The Kier molecular flexibility index (Phi) is 9.93. The number of oxazole rings is 1. The number of fused-ring (bicyclic) bond motifs is 2. The highest BCUT2D eigenvalue weighted by Gasteiger charge is 2.43. The third kappa shape index (κ3) is 7.29. The number of nitrogens with zero attached hydrogens (tertiary/aromatic N) is 1. The Bertz CT molecular complexity index is 1610. The smallest absolute Gasteiger partial charge is 0.255 e. The number of halogens is 1. The molecule has 1 spiro atoms. The highest BCUT2D eigenvalue weighted by molar-refractivity contribution is 9.10. The van der Waals surface area contributed by atoms with Crippen LogP contribution in [0.4, 0.5) is 0 Å². The molecular weight excluding hydrogens is 630 g/mol. The van der Waals surface area contributed by atoms with E-state index in [1.807, 2.05) is 36.4 Å². The van der Waals surface area contributed by atoms with E-state index in [4.69, 9.17) is 9.15 Å². The maximum atomic E-state index is 13.9. The van der Waals surface area contributed by atoms with Gasteiger partial charge in [-0.3, -0.25) is 4.79 Å². The van der Waals surface area contributed by atoms with Crippen LogP contribution < -0.4 is 15.4 Å². The van der Waals surface area contributed by atoms with Crippen LogP contribution in [0.15, 0.2) is 69.6 Å². The van der Waals surface area contributed by atoms with Gasteiger partial charge in [0.1, 0.15) is 16.9 Å². The molecular formula is C37H44BrN3O4. The molecule has 1 amide bonds. The minimum absolute atomic E-state index is 0.0570. The second kappa shape index (κ2) is 14.1. The number of aliphatic hydroxyl groups excluding tert-OH is 1. The average Bonchev–Trinajstić information content (AvgIpc) is 3.68. The topological polar surface area (TPSA) is 96.6 Å². The molecule has 2 aliphatic rings. The number of rotatable bonds is 12. The first-order valence-corrected chi connectivity index (χ1v) is 17.3. The lowest BCUT2D eigenvalue weighted by Gasteiger charge is -2.41. The first-order chi connectivity index (χ1) is 21.9. The van der Waals surface area contributed by atoms with Gasteiger partial charge in [0.25, 0.3) is 5.91 Å². The summed E-state index contributed by atoms with van der Waals surface area (Å²) in [4.78, 5) is 18.5. The van der Waals surface area contributed by atoms with Gasteiger partial charge in [0.05, 0.1) is 17.7 Å². The number of amides is 1. The minimum Gasteiger partial charge on any atom is -0.487 e. The molecule has 7 nitrogen and oxygen atoms in total. The van der Waals surface area contributed by atoms with Gasteiger partial charge in [-0.1, -0.05) is 78.7 Å². The standard InChI is InChI=1S/C37H44BrN3O4/c1-3-5-13-34-40-30-21-26(38)20-28(35(30)44-34)36(43)41-29(19-25-11-7-6-8-12-25)32(42)23-39-31-22-37(16-9-10-17-37)45-33-15-14-24(4-2)18-27(31)33/h6-8,11-12,14-15,18,20-21,29,31-32,39,42H,3-5,9-10,13,16-17,19,22-23H2,1-2H3,(H,41,43)/t29-,31-,32-/m0/s1. The number of carbonyl (C=O) groups is 1. The normalized spacial score (nSPS) is 18.4. The first kappa shape index (κ1) is 31.8. The molecule has 0 bridgehead atoms. The Morgan fingerprint density at radius 3 is 2.64 bits per heavy atom. The molecule has 0 saturated heterocycles. The molecule has 1 aromatic heterocycles. The first-order valence-electron chi connectivity index (χ1n) is 16.5. The minimum atomic E-state index is -0.841. The van der Waals surface area contributed by atoms with E-state index in [1.54, 1.807) is 6.07 Å². The Hall–Kier alpha value is -3.20. The second-order valence-electron chi connectivity index (χ2n) is 12.7. The van der Waals surface area contributed by atoms with Crippen LogP contribution in [0.2, 0.25) is 0 Å². The number of hydrogen-bond acceptors (Lipinski definition) is 6. The predicted octanol–water partition coefficient (Wildman–Crippen LogP) is 7.62. The zero-order valence-electron chi connectivity index (χ0n) is 26.3. The molecule has 4 aromatic rings. The molecule has 8 heteroatoms. The van der Waals surface area contributed by atoms with E-state index in [-0.39, 0.29) is 17.6 Å². The molecule has 1 saturated carbocycles. The van der Waals surface area contributed by atoms with Crippen LogP contribution in [0.25, 0.3) is 11.1 Å². The number of carbonyl (C=O) groups excluding carboxylic acids is 1. The van der Waals surface area contributed by atoms with Crippen molar-refractivity contribution in [3.8, 4) is 5.75 Å². The molecule has 2 heterocycles. The summed E-state index contributed by atoms with van der Waals surface area (Å²) in [5.74, 6) is 1.28. The van der Waals surface area contributed by atoms with Gasteiger partial charge >= 0.3 is 0 Å². The van der Waals surface area contributed by atoms with Gasteiger partial charge in [-0.15, -0.1) is 0 Å². The third-order valence-electron chi connectivity index (χ3n) is 9.42. The Morgan fingerprint density at radius 1 is 1.09 bits per heavy atom. The molecule has 3 N–H and O–H groups in total. The summed E-state index contributed by atoms with van der Waals surface area (Å²) < 4.78 is 13.5. The number of aromatic nitrogens is 1. The number of ether oxygens (including phenoxy) is 1. The summed E-state index contributed by atoms with van der Waals surface area (Å²) in [5, 5.41) is 18.6. The van der Waals surface area contributed by atoms with E-state index in [0.717, 1.165) is 66.3 Å². The Labute approximate surface area is 274 Å². The van der Waals surface area contributed by atoms with E-state index in [9.17, 15) is 9.90 Å². The fourth-order valence-corrected chi connectivity index (χ4v) is 7.34. The lowest BCUT2D eigenvalue weighted by atomic mass is 9.85. The fraction of sp³-hybridized carbons (Fsp3) is 0.459. The van der Waals surface area contributed by atoms with Gasteiger partial charge in [-0.2, -0.15) is 0 Å². The van der Waals surface area contributed by atoms with Crippen molar-refractivity contribution >= 4 is 32.9 Å². The van der Waals surface area contributed by atoms with E-state index in [1.165, 1.54) is 18.4 Å². The van der Waals surface area contributed by atoms with Crippen molar-refractivity contribution in [3.63, 3.8) is 0 Å². The lowest BCUT2D eigenvalue weighted by molar-refractivity contribution is 0.0326. The van der Waals surface area contributed by atoms with Crippen molar-refractivity contribution in [2.75, 3.05) is 6.54 Å². The average molecular weight is 675 g/mol. The number of unbranched alkanes of at least 4 members (excludes halogenated alkanes) is 1. The Balaban J connectivity index is 1.23. The molecule has 3 aromatic carbocycles. The van der Waals surface area contributed by atoms with Crippen LogP contribution in [-0.4, -0.2) is 40.3 Å². The summed E-state index contributed by atoms with van der Waals surface area (Å²) in [6.07, 6.45) is 8.65. The van der Waals surface area contributed by atoms with Crippen LogP contribution in [0.1, 0.15) is 97.8 Å². The summed E-state index contributed by atoms with van der Waals surface area (Å²) >= 11 is 3.55. The lowest BCUT2D eigenvalue weighted by Crippen LogP contribution is -2.50. The van der Waals surface area contributed by atoms with Gasteiger partial charge < -0.3 is 24.9 Å². The molecule has 1 fully saturated rings. The zero-order chi connectivity index (χ0) is 31.4. The van der Waals surface area contributed by atoms with E-state index < -0.39 is 12.1 Å². The highest BCUT2D eigenvalue weighted by Crippen LogP contribution is 2.47. The van der Waals surface area contributed by atoms with Crippen molar-refractivity contribution in [2.45, 2.75) is 102 Å². The maximum absolute atomic E-state index is 13.9. The van der Waals surface area contributed by atoms with Gasteiger partial charge in [0.2, 0.25) is 0 Å². The predicted molar refractivity (Wildman–Crippen MR) is 181 cm³/mol. The van der Waals surface area contributed by atoms with Crippen molar-refractivity contribution in [1.29, 1.82) is 0 Å². The zero-order valence-corrected chi connectivity index (χ0v) is 27.9. The quantitative estimate of drug-likeness (QED) is 0.143. The maximum Gasteiger partial charge on any atom is 0.255 e. The van der Waals surface area contributed by atoms with Gasteiger partial charge in [-0.25, -0.2) is 4.98 Å². The van der Waals surface area contributed by atoms with E-state index in [0.29, 0.717) is 35.5 Å². The van der Waals surface area contributed by atoms with Crippen LogP contribution in [0.5, 0.6) is 5.75 Å². The fourth-order valence-electron chi connectivity index (χ4n) is 6.90. The van der Waals surface area contributed by atoms with Crippen molar-refractivity contribution in [2.24, 2.45) is 0 Å². The number of hydrogen-bond donors (Lipinski definition) is 3. The van der Waals surface area contributed by atoms with Gasteiger partial charge in [0.15, 0.2) is 11.5 Å². The highest BCUT2D eigenvalue weighted by atomic mass is 79.9. The summed E-state index contributed by atoms with van der Waals surface area (Å²) in [6, 6.07) is 19.7. The van der Waals surface area contributed by atoms with Crippen molar-refractivity contribution < 1.29 is 19.1 Å². The molecule has 45 heavy (non-hydrogen) atoms. The number of aryl methyl sites for hydroxylation is 2. The van der Waals surface area contributed by atoms with Crippen LogP contribution in [0.3, 0.4) is 0 Å². The molecule has 6 rings (SSSR count). The van der Waals surface area contributed by atoms with Gasteiger partial charge in [0, 0.05) is 35.5 Å². The molecule has 0 unspecified atom stereocenters. The van der Waals surface area contributed by atoms with Crippen LogP contribution >= 0.6 is 15.9 Å². The van der Waals surface area contributed by atoms with E-state index >= 15 is 0 Å². The Morgan fingerprint density at radius 2 is 1.89 bits per heavy atom. The van der Waals surface area contributed by atoms with Crippen LogP contribution in [0, 0.1) is 0 Å². The summed E-state index contributed by atoms with van der Waals surface area (Å²) in [7, 11) is 0. The van der Waals surface area contributed by atoms with Crippen molar-refractivity contribution in [1.82, 2.24) is 15.6 Å². The largest absolute Gasteiger partial charge is 0.487 e. The number of aliphatic hydroxyl groups is 1.